The van der Waals surface area contributed by atoms with Crippen LogP contribution in [0.4, 0.5) is 0 Å². The zero-order valence-corrected chi connectivity index (χ0v) is 15.3. The highest BCUT2D eigenvalue weighted by Crippen LogP contribution is 2.40. The molecule has 2 N–H and O–H groups in total. The highest BCUT2D eigenvalue weighted by molar-refractivity contribution is 6.02. The Morgan fingerprint density at radius 1 is 1.17 bits per heavy atom. The third kappa shape index (κ3) is 3.89. The maximum atomic E-state index is 10.9. The number of carboxylic acids is 1. The summed E-state index contributed by atoms with van der Waals surface area (Å²) in [6.07, 6.45) is -0.0319. The average molecular weight is 333 g/mol. The minimum Gasteiger partial charge on any atom is -0.507 e. The van der Waals surface area contributed by atoms with Crippen molar-refractivity contribution in [1.82, 2.24) is 0 Å². The Morgan fingerprint density at radius 2 is 1.67 bits per heavy atom. The van der Waals surface area contributed by atoms with Crippen LogP contribution in [0, 0.1) is 0 Å². The molecule has 0 aliphatic carbocycles. The number of carboxylic acid groups (broad SMARTS) is 1. The largest absolute Gasteiger partial charge is 0.507 e. The van der Waals surface area contributed by atoms with Crippen molar-refractivity contribution in [3.8, 4) is 5.75 Å². The first kappa shape index (κ1) is 18.3. The summed E-state index contributed by atoms with van der Waals surface area (Å²) in [4.78, 5) is 16.1. The van der Waals surface area contributed by atoms with Crippen molar-refractivity contribution in [2.45, 2.75) is 71.3 Å². The molecule has 5 heteroatoms. The quantitative estimate of drug-likeness (QED) is 0.877. The van der Waals surface area contributed by atoms with Crippen LogP contribution >= 0.6 is 0 Å². The number of aliphatic carboxylic acids is 1. The molecule has 0 bridgehead atoms. The first-order valence-electron chi connectivity index (χ1n) is 8.22. The van der Waals surface area contributed by atoms with Crippen LogP contribution < -0.4 is 0 Å². The lowest BCUT2D eigenvalue weighted by Gasteiger charge is -2.28. The van der Waals surface area contributed by atoms with E-state index in [4.69, 9.17) is 9.94 Å². The van der Waals surface area contributed by atoms with Gasteiger partial charge in [0.15, 0.2) is 0 Å². The van der Waals surface area contributed by atoms with Crippen molar-refractivity contribution in [3.05, 3.63) is 28.8 Å². The molecule has 1 aromatic carbocycles. The molecule has 1 aliphatic rings. The van der Waals surface area contributed by atoms with Crippen molar-refractivity contribution >= 4 is 11.7 Å². The van der Waals surface area contributed by atoms with Crippen LogP contribution in [-0.2, 0) is 20.5 Å². The molecule has 0 aromatic heterocycles. The van der Waals surface area contributed by atoms with Crippen LogP contribution in [0.2, 0.25) is 0 Å². The molecule has 132 valence electrons. The number of nitrogens with zero attached hydrogens (tertiary/aromatic N) is 1. The molecule has 1 heterocycles. The van der Waals surface area contributed by atoms with Gasteiger partial charge in [0, 0.05) is 23.1 Å². The van der Waals surface area contributed by atoms with Crippen molar-refractivity contribution in [2.24, 2.45) is 5.16 Å². The Kier molecular flexibility index (Phi) is 4.66. The Labute approximate surface area is 143 Å². The number of carbonyl (C=O) groups is 1. The molecule has 0 spiro atoms. The topological polar surface area (TPSA) is 79.1 Å². The fourth-order valence-electron chi connectivity index (χ4n) is 2.85. The minimum absolute atomic E-state index is 0.0661. The van der Waals surface area contributed by atoms with Gasteiger partial charge in [-0.25, -0.2) is 0 Å². The molecule has 1 aromatic rings. The fourth-order valence-corrected chi connectivity index (χ4v) is 2.85. The summed E-state index contributed by atoms with van der Waals surface area (Å²) >= 11 is 0. The Balaban J connectivity index is 2.47. The lowest BCUT2D eigenvalue weighted by atomic mass is 9.78. The van der Waals surface area contributed by atoms with Gasteiger partial charge < -0.3 is 15.1 Å². The molecule has 0 fully saturated rings. The predicted octanol–water partition coefficient (Wildman–Crippen LogP) is 3.95. The number of hydrogen-bond donors (Lipinski definition) is 2. The van der Waals surface area contributed by atoms with Crippen LogP contribution in [0.15, 0.2) is 17.3 Å². The molecule has 0 saturated heterocycles. The molecule has 24 heavy (non-hydrogen) atoms. The van der Waals surface area contributed by atoms with Gasteiger partial charge in [0.1, 0.15) is 11.9 Å². The second kappa shape index (κ2) is 6.11. The van der Waals surface area contributed by atoms with Crippen LogP contribution in [-0.4, -0.2) is 28.0 Å². The summed E-state index contributed by atoms with van der Waals surface area (Å²) in [7, 11) is 0. The molecule has 1 atom stereocenters. The number of phenols is 1. The zero-order chi connectivity index (χ0) is 18.3. The number of phenolic OH excluding ortho intramolecular Hbond substituents is 1. The van der Waals surface area contributed by atoms with Gasteiger partial charge in [-0.15, -0.1) is 0 Å². The number of oxime groups is 1. The molecule has 1 aliphatic heterocycles. The van der Waals surface area contributed by atoms with E-state index in [2.05, 4.69) is 46.7 Å². The van der Waals surface area contributed by atoms with Crippen LogP contribution in [0.1, 0.15) is 71.1 Å². The lowest BCUT2D eigenvalue weighted by Crippen LogP contribution is -2.19. The van der Waals surface area contributed by atoms with E-state index in [1.165, 1.54) is 0 Å². The SMILES string of the molecule is CC(C)(C)c1cc(C2=NOC(CC(=O)O)C2)cc(C(C)(C)C)c1O. The van der Waals surface area contributed by atoms with Gasteiger partial charge in [0.05, 0.1) is 12.1 Å². The van der Waals surface area contributed by atoms with Gasteiger partial charge in [0.25, 0.3) is 0 Å². The number of benzene rings is 1. The van der Waals surface area contributed by atoms with E-state index in [-0.39, 0.29) is 17.3 Å². The minimum atomic E-state index is -0.895. The lowest BCUT2D eigenvalue weighted by molar-refractivity contribution is -0.139. The van der Waals surface area contributed by atoms with E-state index in [1.54, 1.807) is 0 Å². The summed E-state index contributed by atoms with van der Waals surface area (Å²) in [5.74, 6) is -0.576. The Morgan fingerprint density at radius 3 is 2.08 bits per heavy atom. The summed E-state index contributed by atoms with van der Waals surface area (Å²) < 4.78 is 0. The summed E-state index contributed by atoms with van der Waals surface area (Å²) in [6, 6.07) is 3.88. The summed E-state index contributed by atoms with van der Waals surface area (Å²) in [5.41, 5.74) is 2.89. The monoisotopic (exact) mass is 333 g/mol. The van der Waals surface area contributed by atoms with Gasteiger partial charge in [0.2, 0.25) is 0 Å². The van der Waals surface area contributed by atoms with Crippen molar-refractivity contribution < 1.29 is 19.8 Å². The normalized spacial score (nSPS) is 18.2. The molecular formula is C19H27NO4. The molecule has 5 nitrogen and oxygen atoms in total. The first-order chi connectivity index (χ1) is 10.9. The smallest absolute Gasteiger partial charge is 0.307 e. The van der Waals surface area contributed by atoms with Gasteiger partial charge in [-0.2, -0.15) is 0 Å². The van der Waals surface area contributed by atoms with E-state index in [9.17, 15) is 9.90 Å². The van der Waals surface area contributed by atoms with Gasteiger partial charge in [-0.05, 0) is 23.0 Å². The standard InChI is InChI=1S/C19H27NO4/c1-18(2,3)13-7-11(8-14(17(13)23)19(4,5)6)15-9-12(24-20-15)10-16(21)22/h7-8,12,23H,9-10H2,1-6H3,(H,21,22). The third-order valence-electron chi connectivity index (χ3n) is 4.19. The number of hydrogen-bond acceptors (Lipinski definition) is 4. The molecule has 1 unspecified atom stereocenters. The highest BCUT2D eigenvalue weighted by Gasteiger charge is 2.30. The maximum Gasteiger partial charge on any atom is 0.307 e. The van der Waals surface area contributed by atoms with Crippen LogP contribution in [0.25, 0.3) is 0 Å². The molecule has 0 saturated carbocycles. The highest BCUT2D eigenvalue weighted by atomic mass is 16.6. The van der Waals surface area contributed by atoms with E-state index in [0.717, 1.165) is 22.4 Å². The van der Waals surface area contributed by atoms with Crippen molar-refractivity contribution in [2.75, 3.05) is 0 Å². The van der Waals surface area contributed by atoms with E-state index in [0.29, 0.717) is 12.2 Å². The summed E-state index contributed by atoms with van der Waals surface area (Å²) in [5, 5.41) is 23.7. The van der Waals surface area contributed by atoms with Crippen LogP contribution in [0.3, 0.4) is 0 Å². The summed E-state index contributed by atoms with van der Waals surface area (Å²) in [6.45, 7) is 12.3. The zero-order valence-electron chi connectivity index (χ0n) is 15.3. The number of aromatic hydroxyl groups is 1. The Hall–Kier alpha value is -2.04. The second-order valence-corrected chi connectivity index (χ2v) is 8.49. The molecule has 2 rings (SSSR count). The first-order valence-corrected chi connectivity index (χ1v) is 8.22. The third-order valence-corrected chi connectivity index (χ3v) is 4.19. The second-order valence-electron chi connectivity index (χ2n) is 8.49. The van der Waals surface area contributed by atoms with Crippen LogP contribution in [0.5, 0.6) is 5.75 Å². The molecule has 0 radical (unpaired) electrons. The van der Waals surface area contributed by atoms with E-state index < -0.39 is 12.1 Å². The Bertz CT molecular complexity index is 643. The van der Waals surface area contributed by atoms with Crippen molar-refractivity contribution in [1.29, 1.82) is 0 Å². The predicted molar refractivity (Wildman–Crippen MR) is 93.8 cm³/mol. The van der Waals surface area contributed by atoms with Gasteiger partial charge in [-0.3, -0.25) is 4.79 Å². The average Bonchev–Trinajstić information content (AvgIpc) is 2.83. The van der Waals surface area contributed by atoms with Crippen molar-refractivity contribution in [3.63, 3.8) is 0 Å². The van der Waals surface area contributed by atoms with E-state index in [1.807, 2.05) is 12.1 Å². The number of rotatable bonds is 3. The fraction of sp³-hybridized carbons (Fsp3) is 0.579. The van der Waals surface area contributed by atoms with E-state index >= 15 is 0 Å². The van der Waals surface area contributed by atoms with Gasteiger partial charge >= 0.3 is 5.97 Å². The molecule has 0 amide bonds. The maximum absolute atomic E-state index is 10.9. The van der Waals surface area contributed by atoms with Gasteiger partial charge in [-0.1, -0.05) is 46.7 Å². The molecular weight excluding hydrogens is 306 g/mol.